The van der Waals surface area contributed by atoms with Crippen molar-refractivity contribution in [2.45, 2.75) is 38.5 Å². The van der Waals surface area contributed by atoms with E-state index in [1.54, 1.807) is 0 Å². The topological polar surface area (TPSA) is 64.3 Å². The lowest BCUT2D eigenvalue weighted by Gasteiger charge is -2.30. The van der Waals surface area contributed by atoms with Gasteiger partial charge in [0.2, 0.25) is 0 Å². The zero-order valence-electron chi connectivity index (χ0n) is 9.93. The van der Waals surface area contributed by atoms with Crippen LogP contribution in [-0.2, 0) is 24.4 Å². The van der Waals surface area contributed by atoms with Crippen molar-refractivity contribution in [1.29, 1.82) is 0 Å². The van der Waals surface area contributed by atoms with Crippen LogP contribution in [0.15, 0.2) is 6.20 Å². The number of nitrogens with zero attached hydrogens (tertiary/aromatic N) is 3. The Kier molecular flexibility index (Phi) is 3.05. The van der Waals surface area contributed by atoms with E-state index in [-0.39, 0.29) is 0 Å². The molecule has 1 aromatic heterocycles. The number of rotatable bonds is 2. The van der Waals surface area contributed by atoms with Crippen LogP contribution in [0.25, 0.3) is 0 Å². The molecule has 0 atom stereocenters. The number of nitrogens with two attached hydrogens (primary N) is 1. The molecule has 1 aromatic rings. The maximum absolute atomic E-state index is 5.57. The van der Waals surface area contributed by atoms with E-state index in [1.807, 2.05) is 6.20 Å². The smallest absolute Gasteiger partial charge is 0.142 e. The first kappa shape index (κ1) is 11.1. The predicted octanol–water partition coefficient (Wildman–Crippen LogP) is 0.430. The van der Waals surface area contributed by atoms with Crippen LogP contribution < -0.4 is 5.73 Å². The quantitative estimate of drug-likeness (QED) is 0.804. The van der Waals surface area contributed by atoms with Gasteiger partial charge in [0.15, 0.2) is 0 Å². The number of ether oxygens (including phenoxy) is 1. The maximum atomic E-state index is 5.57. The minimum atomic E-state index is 0.421. The highest BCUT2D eigenvalue weighted by molar-refractivity contribution is 5.22. The fourth-order valence-corrected chi connectivity index (χ4v) is 2.63. The molecule has 0 bridgehead atoms. The van der Waals surface area contributed by atoms with Gasteiger partial charge in [-0.2, -0.15) is 0 Å². The third-order valence-electron chi connectivity index (χ3n) is 3.62. The summed E-state index contributed by atoms with van der Waals surface area (Å²) in [6.45, 7) is 4.11. The first-order valence-corrected chi connectivity index (χ1v) is 6.22. The van der Waals surface area contributed by atoms with Gasteiger partial charge in [0.05, 0.1) is 12.2 Å². The molecule has 2 N–H and O–H groups in total. The number of fused-ring (bicyclic) bond motifs is 1. The fourth-order valence-electron chi connectivity index (χ4n) is 2.63. The van der Waals surface area contributed by atoms with Gasteiger partial charge >= 0.3 is 0 Å². The SMILES string of the molecule is NCc1ncc2c(n1)CN(C1CCOCC1)C2. The highest BCUT2D eigenvalue weighted by Crippen LogP contribution is 2.26. The van der Waals surface area contributed by atoms with Crippen LogP contribution in [0, 0.1) is 0 Å². The lowest BCUT2D eigenvalue weighted by Crippen LogP contribution is -2.35. The molecule has 1 fully saturated rings. The van der Waals surface area contributed by atoms with Gasteiger partial charge in [0.25, 0.3) is 0 Å². The maximum Gasteiger partial charge on any atom is 0.142 e. The summed E-state index contributed by atoms with van der Waals surface area (Å²) in [5, 5.41) is 0. The Hall–Kier alpha value is -1.04. The average Bonchev–Trinajstić information content (AvgIpc) is 2.82. The minimum absolute atomic E-state index is 0.421. The summed E-state index contributed by atoms with van der Waals surface area (Å²) in [7, 11) is 0. The molecule has 0 unspecified atom stereocenters. The van der Waals surface area contributed by atoms with E-state index in [2.05, 4.69) is 14.9 Å². The van der Waals surface area contributed by atoms with E-state index in [9.17, 15) is 0 Å². The monoisotopic (exact) mass is 234 g/mol. The van der Waals surface area contributed by atoms with Crippen LogP contribution in [0.2, 0.25) is 0 Å². The van der Waals surface area contributed by atoms with Crippen molar-refractivity contribution in [3.8, 4) is 0 Å². The van der Waals surface area contributed by atoms with Gasteiger partial charge < -0.3 is 10.5 Å². The highest BCUT2D eigenvalue weighted by atomic mass is 16.5. The Bertz CT molecular complexity index is 403. The molecule has 0 radical (unpaired) electrons. The van der Waals surface area contributed by atoms with Crippen LogP contribution in [0.4, 0.5) is 0 Å². The van der Waals surface area contributed by atoms with Crippen LogP contribution in [-0.4, -0.2) is 34.1 Å². The second kappa shape index (κ2) is 4.68. The van der Waals surface area contributed by atoms with Crippen LogP contribution in [0.1, 0.15) is 29.9 Å². The number of aromatic nitrogens is 2. The van der Waals surface area contributed by atoms with Crippen molar-refractivity contribution < 1.29 is 4.74 Å². The Morgan fingerprint density at radius 2 is 2.18 bits per heavy atom. The fraction of sp³-hybridized carbons (Fsp3) is 0.667. The molecular formula is C12H18N4O. The van der Waals surface area contributed by atoms with Crippen molar-refractivity contribution in [2.24, 2.45) is 5.73 Å². The largest absolute Gasteiger partial charge is 0.381 e. The molecule has 0 saturated carbocycles. The molecule has 2 aliphatic heterocycles. The molecule has 0 amide bonds. The summed E-state index contributed by atoms with van der Waals surface area (Å²) in [6.07, 6.45) is 4.19. The molecule has 0 spiro atoms. The Morgan fingerprint density at radius 1 is 1.35 bits per heavy atom. The molecule has 3 heterocycles. The molecular weight excluding hydrogens is 216 g/mol. The summed E-state index contributed by atoms with van der Waals surface area (Å²) in [6, 6.07) is 0.638. The highest BCUT2D eigenvalue weighted by Gasteiger charge is 2.28. The molecule has 2 aliphatic rings. The zero-order chi connectivity index (χ0) is 11.7. The second-order valence-corrected chi connectivity index (χ2v) is 4.71. The Morgan fingerprint density at radius 3 is 2.94 bits per heavy atom. The number of hydrogen-bond acceptors (Lipinski definition) is 5. The standard InChI is InChI=1S/C12H18N4O/c13-5-12-14-6-9-7-16(8-11(9)15-12)10-1-3-17-4-2-10/h6,10H,1-5,7-8,13H2. The summed E-state index contributed by atoms with van der Waals surface area (Å²) >= 11 is 0. The lowest BCUT2D eigenvalue weighted by molar-refractivity contribution is 0.0324. The summed E-state index contributed by atoms with van der Waals surface area (Å²) in [5.74, 6) is 0.748. The van der Waals surface area contributed by atoms with Gasteiger partial charge in [0, 0.05) is 44.1 Å². The molecule has 5 heteroatoms. The van der Waals surface area contributed by atoms with E-state index in [4.69, 9.17) is 10.5 Å². The summed E-state index contributed by atoms with van der Waals surface area (Å²) < 4.78 is 5.40. The summed E-state index contributed by atoms with van der Waals surface area (Å²) in [5.41, 5.74) is 7.98. The van der Waals surface area contributed by atoms with E-state index in [0.29, 0.717) is 12.6 Å². The van der Waals surface area contributed by atoms with Gasteiger partial charge in [-0.15, -0.1) is 0 Å². The molecule has 92 valence electrons. The second-order valence-electron chi connectivity index (χ2n) is 4.71. The van der Waals surface area contributed by atoms with Crippen LogP contribution in [0.5, 0.6) is 0 Å². The van der Waals surface area contributed by atoms with Gasteiger partial charge in [-0.05, 0) is 12.8 Å². The van der Waals surface area contributed by atoms with Crippen molar-refractivity contribution in [1.82, 2.24) is 14.9 Å². The van der Waals surface area contributed by atoms with Crippen molar-refractivity contribution >= 4 is 0 Å². The minimum Gasteiger partial charge on any atom is -0.381 e. The normalized spacial score (nSPS) is 21.7. The van der Waals surface area contributed by atoms with E-state index < -0.39 is 0 Å². The Labute approximate surface area is 101 Å². The molecule has 17 heavy (non-hydrogen) atoms. The lowest BCUT2D eigenvalue weighted by atomic mass is 10.1. The first-order valence-electron chi connectivity index (χ1n) is 6.22. The van der Waals surface area contributed by atoms with Crippen LogP contribution in [0.3, 0.4) is 0 Å². The molecule has 5 nitrogen and oxygen atoms in total. The Balaban J connectivity index is 1.73. The average molecular weight is 234 g/mol. The third kappa shape index (κ3) is 2.18. The van der Waals surface area contributed by atoms with Crippen molar-refractivity contribution in [3.63, 3.8) is 0 Å². The molecule has 0 aromatic carbocycles. The third-order valence-corrected chi connectivity index (χ3v) is 3.62. The van der Waals surface area contributed by atoms with Crippen molar-refractivity contribution in [2.75, 3.05) is 13.2 Å². The van der Waals surface area contributed by atoms with Gasteiger partial charge in [-0.1, -0.05) is 0 Å². The zero-order valence-corrected chi connectivity index (χ0v) is 9.93. The first-order chi connectivity index (χ1) is 8.36. The van der Waals surface area contributed by atoms with E-state index in [1.165, 1.54) is 5.56 Å². The van der Waals surface area contributed by atoms with Crippen molar-refractivity contribution in [3.05, 3.63) is 23.3 Å². The molecule has 1 saturated heterocycles. The molecule has 3 rings (SSSR count). The number of hydrogen-bond donors (Lipinski definition) is 1. The van der Waals surface area contributed by atoms with E-state index >= 15 is 0 Å². The van der Waals surface area contributed by atoms with Gasteiger partial charge in [-0.25, -0.2) is 9.97 Å². The predicted molar refractivity (Wildman–Crippen MR) is 63.0 cm³/mol. The summed E-state index contributed by atoms with van der Waals surface area (Å²) in [4.78, 5) is 11.3. The van der Waals surface area contributed by atoms with Gasteiger partial charge in [0.1, 0.15) is 5.82 Å². The van der Waals surface area contributed by atoms with E-state index in [0.717, 1.165) is 50.7 Å². The molecule has 0 aliphatic carbocycles. The van der Waals surface area contributed by atoms with Gasteiger partial charge in [-0.3, -0.25) is 4.90 Å². The van der Waals surface area contributed by atoms with Crippen LogP contribution >= 0.6 is 0 Å².